The third-order valence-corrected chi connectivity index (χ3v) is 4.63. The summed E-state index contributed by atoms with van der Waals surface area (Å²) in [6.45, 7) is 1.56. The van der Waals surface area contributed by atoms with Gasteiger partial charge < -0.3 is 0 Å². The zero-order valence-corrected chi connectivity index (χ0v) is 13.0. The number of hydrogen-bond donors (Lipinski definition) is 1. The van der Waals surface area contributed by atoms with Gasteiger partial charge >= 0.3 is 0 Å². The van der Waals surface area contributed by atoms with Crippen LogP contribution in [0.4, 0.5) is 0 Å². The minimum atomic E-state index is -0.676. The number of rotatable bonds is 1. The summed E-state index contributed by atoms with van der Waals surface area (Å²) in [6.07, 6.45) is 1.88. The monoisotopic (exact) mass is 322 g/mol. The quantitative estimate of drug-likeness (QED) is 0.769. The molecule has 120 valence electrons. The number of allylic oxidation sites excluding steroid dienone is 1. The lowest BCUT2D eigenvalue weighted by Gasteiger charge is -2.24. The van der Waals surface area contributed by atoms with Crippen molar-refractivity contribution in [1.82, 2.24) is 10.2 Å². The predicted molar refractivity (Wildman–Crippen MR) is 83.1 cm³/mol. The Bertz CT molecular complexity index is 894. The molecule has 4 amide bonds. The molecule has 1 unspecified atom stereocenters. The van der Waals surface area contributed by atoms with Gasteiger partial charge in [0, 0.05) is 23.8 Å². The summed E-state index contributed by atoms with van der Waals surface area (Å²) in [5.74, 6) is -2.49. The summed E-state index contributed by atoms with van der Waals surface area (Å²) < 4.78 is 0. The van der Waals surface area contributed by atoms with Crippen LogP contribution in [0.25, 0.3) is 0 Å². The minimum Gasteiger partial charge on any atom is -0.292 e. The lowest BCUT2D eigenvalue weighted by atomic mass is 9.86. The largest absolute Gasteiger partial charge is 0.292 e. The maximum atomic E-state index is 12.4. The van der Waals surface area contributed by atoms with Crippen LogP contribution in [0.15, 0.2) is 47.2 Å². The molecular formula is C18H14N2O4. The minimum absolute atomic E-state index is 0.233. The Balaban J connectivity index is 1.92. The Morgan fingerprint density at radius 1 is 1.12 bits per heavy atom. The molecule has 1 N–H and O–H groups in total. The highest BCUT2D eigenvalue weighted by Gasteiger charge is 2.43. The third-order valence-electron chi connectivity index (χ3n) is 4.63. The molecular weight excluding hydrogens is 308 g/mol. The van der Waals surface area contributed by atoms with Crippen LogP contribution in [-0.4, -0.2) is 28.5 Å². The Morgan fingerprint density at radius 2 is 1.88 bits per heavy atom. The summed E-state index contributed by atoms with van der Waals surface area (Å²) in [6, 6.07) is 7.60. The van der Waals surface area contributed by atoms with E-state index in [9.17, 15) is 19.2 Å². The number of benzene rings is 1. The van der Waals surface area contributed by atoms with Gasteiger partial charge in [0.15, 0.2) is 0 Å². The molecule has 1 aromatic rings. The Labute approximate surface area is 137 Å². The van der Waals surface area contributed by atoms with E-state index < -0.39 is 23.6 Å². The molecule has 1 fully saturated rings. The van der Waals surface area contributed by atoms with Gasteiger partial charge in [-0.15, -0.1) is 0 Å². The van der Waals surface area contributed by atoms with E-state index in [1.165, 1.54) is 6.08 Å². The fraction of sp³-hybridized carbons (Fsp3) is 0.222. The van der Waals surface area contributed by atoms with Gasteiger partial charge in [0.25, 0.3) is 17.7 Å². The average molecular weight is 322 g/mol. The highest BCUT2D eigenvalue weighted by Crippen LogP contribution is 2.34. The lowest BCUT2D eigenvalue weighted by molar-refractivity contribution is -0.135. The van der Waals surface area contributed by atoms with Gasteiger partial charge in [0.2, 0.25) is 5.91 Å². The highest BCUT2D eigenvalue weighted by molar-refractivity contribution is 6.20. The fourth-order valence-corrected chi connectivity index (χ4v) is 3.52. The Kier molecular flexibility index (Phi) is 3.03. The van der Waals surface area contributed by atoms with E-state index >= 15 is 0 Å². The molecule has 2 bridgehead atoms. The number of amides is 4. The van der Waals surface area contributed by atoms with Gasteiger partial charge in [-0.05, 0) is 24.5 Å². The van der Waals surface area contributed by atoms with E-state index in [0.29, 0.717) is 17.7 Å². The molecule has 24 heavy (non-hydrogen) atoms. The van der Waals surface area contributed by atoms with Crippen molar-refractivity contribution in [1.29, 1.82) is 0 Å². The van der Waals surface area contributed by atoms with Crippen LogP contribution in [0.1, 0.15) is 18.1 Å². The van der Waals surface area contributed by atoms with Crippen molar-refractivity contribution in [2.24, 2.45) is 5.92 Å². The molecule has 1 atom stereocenters. The van der Waals surface area contributed by atoms with E-state index in [1.54, 1.807) is 6.92 Å². The number of fused-ring (bicyclic) bond motifs is 3. The zero-order chi connectivity index (χ0) is 17.0. The summed E-state index contributed by atoms with van der Waals surface area (Å²) in [4.78, 5) is 50.3. The van der Waals surface area contributed by atoms with Crippen LogP contribution in [0, 0.1) is 5.92 Å². The van der Waals surface area contributed by atoms with E-state index in [4.69, 9.17) is 0 Å². The first kappa shape index (κ1) is 14.6. The summed E-state index contributed by atoms with van der Waals surface area (Å²) in [7, 11) is 0. The van der Waals surface area contributed by atoms with E-state index in [-0.39, 0.29) is 17.9 Å². The molecule has 3 aliphatic rings. The van der Waals surface area contributed by atoms with Crippen LogP contribution in [0.3, 0.4) is 0 Å². The van der Waals surface area contributed by atoms with Crippen molar-refractivity contribution in [2.45, 2.75) is 19.8 Å². The van der Waals surface area contributed by atoms with Crippen LogP contribution in [0.2, 0.25) is 0 Å². The molecule has 1 saturated heterocycles. The van der Waals surface area contributed by atoms with Crippen molar-refractivity contribution < 1.29 is 19.2 Å². The topological polar surface area (TPSA) is 83.6 Å². The summed E-state index contributed by atoms with van der Waals surface area (Å²) in [5.41, 5.74) is 2.71. The lowest BCUT2D eigenvalue weighted by Crippen LogP contribution is -2.34. The van der Waals surface area contributed by atoms with Gasteiger partial charge in [0.1, 0.15) is 0 Å². The summed E-state index contributed by atoms with van der Waals surface area (Å²) in [5, 5.41) is 2.32. The summed E-state index contributed by atoms with van der Waals surface area (Å²) >= 11 is 0. The van der Waals surface area contributed by atoms with E-state index in [1.807, 2.05) is 24.3 Å². The smallest absolute Gasteiger partial charge is 0.260 e. The van der Waals surface area contributed by atoms with Crippen LogP contribution >= 0.6 is 0 Å². The number of nitrogens with zero attached hydrogens (tertiary/aromatic N) is 1. The van der Waals surface area contributed by atoms with Crippen LogP contribution in [0.5, 0.6) is 0 Å². The van der Waals surface area contributed by atoms with Crippen molar-refractivity contribution in [3.63, 3.8) is 0 Å². The molecule has 1 aromatic carbocycles. The second-order valence-corrected chi connectivity index (χ2v) is 6.24. The Morgan fingerprint density at radius 3 is 2.58 bits per heavy atom. The normalized spacial score (nSPS) is 26.1. The molecule has 0 saturated carbocycles. The fourth-order valence-electron chi connectivity index (χ4n) is 3.52. The van der Waals surface area contributed by atoms with Crippen molar-refractivity contribution >= 4 is 23.6 Å². The maximum absolute atomic E-state index is 12.4. The van der Waals surface area contributed by atoms with Gasteiger partial charge in [-0.3, -0.25) is 24.5 Å². The maximum Gasteiger partial charge on any atom is 0.260 e. The van der Waals surface area contributed by atoms with Gasteiger partial charge in [0.05, 0.1) is 11.5 Å². The molecule has 0 aromatic heterocycles. The van der Waals surface area contributed by atoms with Crippen molar-refractivity contribution in [3.8, 4) is 0 Å². The number of imide groups is 2. The number of nitrogens with one attached hydrogen (secondary N) is 1. The Hall–Kier alpha value is -3.02. The molecule has 2 heterocycles. The molecule has 1 aliphatic carbocycles. The first-order chi connectivity index (χ1) is 11.5. The van der Waals surface area contributed by atoms with E-state index in [2.05, 4.69) is 5.32 Å². The third kappa shape index (κ3) is 2.03. The molecule has 2 aliphatic heterocycles. The second kappa shape index (κ2) is 4.99. The molecule has 6 heteroatoms. The second-order valence-electron chi connectivity index (χ2n) is 6.24. The van der Waals surface area contributed by atoms with Crippen molar-refractivity contribution in [2.75, 3.05) is 0 Å². The van der Waals surface area contributed by atoms with Crippen LogP contribution < -0.4 is 5.32 Å². The average Bonchev–Trinajstić information content (AvgIpc) is 2.93. The first-order valence-electron chi connectivity index (χ1n) is 7.68. The van der Waals surface area contributed by atoms with Gasteiger partial charge in [-0.2, -0.15) is 0 Å². The zero-order valence-electron chi connectivity index (χ0n) is 13.0. The molecule has 0 radical (unpaired) electrons. The molecule has 6 nitrogen and oxygen atoms in total. The SMILES string of the molecule is CC1=CC(=O)N(/C2=C3\C(=O)NC(=O)C3Cc3cccc(c3)C2)C1=O. The van der Waals surface area contributed by atoms with Gasteiger partial charge in [-0.1, -0.05) is 24.3 Å². The van der Waals surface area contributed by atoms with E-state index in [0.717, 1.165) is 16.0 Å². The standard InChI is InChI=1S/C18H14N2O4/c1-9-5-14(21)20(18(9)24)13-8-11-4-2-3-10(6-11)7-12-15(13)17(23)19-16(12)22/h2-6,12H,7-8H2,1H3,(H,19,22,23)/b15-13-. The molecule has 4 rings (SSSR count). The number of carbonyl (C=O) groups excluding carboxylic acids is 4. The van der Waals surface area contributed by atoms with Crippen molar-refractivity contribution in [3.05, 3.63) is 58.3 Å². The predicted octanol–water partition coefficient (Wildman–Crippen LogP) is 0.627. The van der Waals surface area contributed by atoms with Crippen LogP contribution in [-0.2, 0) is 32.0 Å². The van der Waals surface area contributed by atoms with Gasteiger partial charge in [-0.25, -0.2) is 4.90 Å². The highest BCUT2D eigenvalue weighted by atomic mass is 16.2. The first-order valence-corrected chi connectivity index (χ1v) is 7.68. The number of hydrogen-bond acceptors (Lipinski definition) is 4. The number of carbonyl (C=O) groups is 4. The molecule has 0 spiro atoms.